The van der Waals surface area contributed by atoms with Crippen LogP contribution in [0.1, 0.15) is 27.7 Å². The van der Waals surface area contributed by atoms with Crippen LogP contribution in [0, 0.1) is 11.6 Å². The number of fused-ring (bicyclic) bond motifs is 2. The molecule has 0 saturated heterocycles. The monoisotopic (exact) mass is 499 g/mol. The van der Waals surface area contributed by atoms with E-state index in [1.807, 2.05) is 24.3 Å². The van der Waals surface area contributed by atoms with E-state index in [1.54, 1.807) is 11.8 Å². The Morgan fingerprint density at radius 3 is 2.76 bits per heavy atom. The van der Waals surface area contributed by atoms with Gasteiger partial charge in [0.1, 0.15) is 21.6 Å². The molecule has 2 aromatic heterocycles. The highest BCUT2D eigenvalue weighted by Crippen LogP contribution is 2.46. The van der Waals surface area contributed by atoms with Gasteiger partial charge in [0.2, 0.25) is 0 Å². The number of carbonyl (C=O) groups is 2. The number of thiazole rings is 1. The molecule has 0 radical (unpaired) electrons. The Kier molecular flexibility index (Phi) is 6.01. The molecule has 0 saturated carbocycles. The van der Waals surface area contributed by atoms with Gasteiger partial charge in [0.15, 0.2) is 0 Å². The molecule has 2 amide bonds. The summed E-state index contributed by atoms with van der Waals surface area (Å²) in [6, 6.07) is 10.6. The van der Waals surface area contributed by atoms with E-state index in [9.17, 15) is 18.4 Å². The summed E-state index contributed by atoms with van der Waals surface area (Å²) in [7, 11) is 0. The number of hydrogen-bond donors (Lipinski definition) is 1. The first-order valence-corrected chi connectivity index (χ1v) is 12.3. The summed E-state index contributed by atoms with van der Waals surface area (Å²) in [5.41, 5.74) is 2.37. The van der Waals surface area contributed by atoms with Gasteiger partial charge in [-0.3, -0.25) is 4.79 Å². The van der Waals surface area contributed by atoms with E-state index in [2.05, 4.69) is 5.32 Å². The van der Waals surface area contributed by atoms with Crippen LogP contribution in [0.25, 0.3) is 20.8 Å². The van der Waals surface area contributed by atoms with E-state index in [4.69, 9.17) is 9.72 Å². The molecule has 34 heavy (non-hydrogen) atoms. The lowest BCUT2D eigenvalue weighted by molar-refractivity contribution is 0.101. The lowest BCUT2D eigenvalue weighted by atomic mass is 10.0. The second kappa shape index (κ2) is 9.11. The highest BCUT2D eigenvalue weighted by molar-refractivity contribution is 7.23. The lowest BCUT2D eigenvalue weighted by Gasteiger charge is -2.26. The van der Waals surface area contributed by atoms with Crippen LogP contribution in [-0.2, 0) is 17.7 Å². The quantitative estimate of drug-likeness (QED) is 0.370. The van der Waals surface area contributed by atoms with E-state index in [1.165, 1.54) is 22.7 Å². The van der Waals surface area contributed by atoms with Gasteiger partial charge < -0.3 is 15.0 Å². The molecule has 0 atom stereocenters. The molecule has 0 unspecified atom stereocenters. The number of hydrogen-bond acceptors (Lipinski definition) is 6. The van der Waals surface area contributed by atoms with Crippen LogP contribution in [0.4, 0.5) is 18.6 Å². The van der Waals surface area contributed by atoms with Crippen molar-refractivity contribution in [1.29, 1.82) is 0 Å². The summed E-state index contributed by atoms with van der Waals surface area (Å²) < 4.78 is 33.7. The zero-order valence-corrected chi connectivity index (χ0v) is 19.7. The third kappa shape index (κ3) is 4.14. The van der Waals surface area contributed by atoms with Crippen molar-refractivity contribution in [2.75, 3.05) is 18.5 Å². The zero-order chi connectivity index (χ0) is 23.8. The van der Waals surface area contributed by atoms with Crippen molar-refractivity contribution < 1.29 is 23.1 Å². The van der Waals surface area contributed by atoms with Crippen LogP contribution >= 0.6 is 22.7 Å². The summed E-state index contributed by atoms with van der Waals surface area (Å²) >= 11 is 2.83. The molecule has 5 rings (SSSR count). The topological polar surface area (TPSA) is 71.5 Å². The molecule has 1 aliphatic heterocycles. The number of nitrogens with one attached hydrogen (secondary N) is 1. The number of ether oxygens (including phenoxy) is 1. The van der Waals surface area contributed by atoms with Crippen LogP contribution in [0.5, 0.6) is 0 Å². The minimum absolute atomic E-state index is 0.254. The molecule has 1 aliphatic rings. The third-order valence-corrected chi connectivity index (χ3v) is 7.68. The predicted molar refractivity (Wildman–Crippen MR) is 128 cm³/mol. The fraction of sp³-hybridized carbons (Fsp3) is 0.208. The number of halogens is 2. The molecule has 1 N–H and O–H groups in total. The highest BCUT2D eigenvalue weighted by Gasteiger charge is 2.30. The molecule has 174 valence electrons. The van der Waals surface area contributed by atoms with Gasteiger partial charge in [-0.05, 0) is 43.2 Å². The molecule has 2 aromatic carbocycles. The van der Waals surface area contributed by atoms with E-state index in [0.717, 1.165) is 43.4 Å². The number of rotatable bonds is 4. The number of carbonyl (C=O) groups excluding carboxylic acids is 2. The number of benzene rings is 2. The summed E-state index contributed by atoms with van der Waals surface area (Å²) in [6.45, 7) is 2.86. The van der Waals surface area contributed by atoms with Gasteiger partial charge in [-0.25, -0.2) is 18.6 Å². The highest BCUT2D eigenvalue weighted by atomic mass is 32.1. The van der Waals surface area contributed by atoms with Crippen molar-refractivity contribution in [3.8, 4) is 10.6 Å². The van der Waals surface area contributed by atoms with Crippen molar-refractivity contribution in [2.45, 2.75) is 19.9 Å². The van der Waals surface area contributed by atoms with Crippen LogP contribution < -0.4 is 5.32 Å². The van der Waals surface area contributed by atoms with Crippen LogP contribution in [-0.4, -0.2) is 35.0 Å². The lowest BCUT2D eigenvalue weighted by Crippen LogP contribution is -2.35. The summed E-state index contributed by atoms with van der Waals surface area (Å²) in [4.78, 5) is 32.5. The minimum Gasteiger partial charge on any atom is -0.450 e. The standard InChI is InChI=1S/C24H19F2N3O3S2/c1-2-32-24(31)29-10-9-15-19(12-29)34-23(28-21(30)14-8-7-13(25)11-16(14)26)20(15)22-27-17-5-3-4-6-18(17)33-22/h3-8,11H,2,9-10,12H2,1H3,(H,28,30). The first-order valence-electron chi connectivity index (χ1n) is 10.6. The van der Waals surface area contributed by atoms with Crippen LogP contribution in [0.15, 0.2) is 42.5 Å². The van der Waals surface area contributed by atoms with Crippen molar-refractivity contribution in [3.05, 3.63) is 70.1 Å². The Balaban J connectivity index is 1.56. The number of aromatic nitrogens is 1. The van der Waals surface area contributed by atoms with E-state index in [0.29, 0.717) is 30.6 Å². The first-order chi connectivity index (χ1) is 16.4. The average Bonchev–Trinajstić information content (AvgIpc) is 3.39. The van der Waals surface area contributed by atoms with Gasteiger partial charge in [-0.15, -0.1) is 22.7 Å². The Morgan fingerprint density at radius 1 is 1.18 bits per heavy atom. The fourth-order valence-corrected chi connectivity index (χ4v) is 6.28. The predicted octanol–water partition coefficient (Wildman–Crippen LogP) is 6.07. The number of para-hydroxylation sites is 1. The van der Waals surface area contributed by atoms with E-state index in [-0.39, 0.29) is 18.3 Å². The van der Waals surface area contributed by atoms with Crippen LogP contribution in [0.2, 0.25) is 0 Å². The van der Waals surface area contributed by atoms with Gasteiger partial charge in [0, 0.05) is 23.1 Å². The maximum Gasteiger partial charge on any atom is 0.410 e. The molecule has 10 heteroatoms. The normalized spacial score (nSPS) is 13.1. The fourth-order valence-electron chi connectivity index (χ4n) is 3.91. The molecule has 0 aliphatic carbocycles. The van der Waals surface area contributed by atoms with Gasteiger partial charge in [0.05, 0.1) is 28.9 Å². The van der Waals surface area contributed by atoms with Gasteiger partial charge in [0.25, 0.3) is 5.91 Å². The first kappa shape index (κ1) is 22.4. The zero-order valence-electron chi connectivity index (χ0n) is 18.1. The molecule has 3 heterocycles. The maximum atomic E-state index is 14.2. The minimum atomic E-state index is -0.936. The van der Waals surface area contributed by atoms with E-state index < -0.39 is 17.5 Å². The summed E-state index contributed by atoms with van der Waals surface area (Å²) in [5.74, 6) is -2.37. The van der Waals surface area contributed by atoms with Crippen molar-refractivity contribution in [3.63, 3.8) is 0 Å². The average molecular weight is 500 g/mol. The molecule has 0 bridgehead atoms. The largest absolute Gasteiger partial charge is 0.450 e. The number of nitrogens with zero attached hydrogens (tertiary/aromatic N) is 2. The summed E-state index contributed by atoms with van der Waals surface area (Å²) in [5, 5.41) is 4.06. The molecule has 4 aromatic rings. The molecule has 0 spiro atoms. The van der Waals surface area contributed by atoms with Crippen molar-refractivity contribution in [1.82, 2.24) is 9.88 Å². The van der Waals surface area contributed by atoms with Crippen molar-refractivity contribution >= 4 is 49.9 Å². The Morgan fingerprint density at radius 2 is 2.00 bits per heavy atom. The third-order valence-electron chi connectivity index (χ3n) is 5.49. The second-order valence-corrected chi connectivity index (χ2v) is 9.78. The number of amides is 2. The van der Waals surface area contributed by atoms with Gasteiger partial charge in [-0.2, -0.15) is 0 Å². The number of thiophene rings is 1. The molecule has 0 fully saturated rings. The Labute approximate surface area is 201 Å². The maximum absolute atomic E-state index is 14.2. The summed E-state index contributed by atoms with van der Waals surface area (Å²) in [6.07, 6.45) is 0.179. The second-order valence-electron chi connectivity index (χ2n) is 7.64. The van der Waals surface area contributed by atoms with Crippen molar-refractivity contribution in [2.24, 2.45) is 0 Å². The SMILES string of the molecule is CCOC(=O)N1CCc2c(sc(NC(=O)c3ccc(F)cc3F)c2-c2nc3ccccc3s2)C1. The van der Waals surface area contributed by atoms with Crippen LogP contribution in [0.3, 0.4) is 0 Å². The molecule has 6 nitrogen and oxygen atoms in total. The Bertz CT molecular complexity index is 1380. The Hall–Kier alpha value is -3.37. The number of anilines is 1. The molecular formula is C24H19F2N3O3S2. The van der Waals surface area contributed by atoms with E-state index >= 15 is 0 Å². The molecular weight excluding hydrogens is 480 g/mol. The van der Waals surface area contributed by atoms with Gasteiger partial charge in [-0.1, -0.05) is 12.1 Å². The van der Waals surface area contributed by atoms with Gasteiger partial charge >= 0.3 is 6.09 Å². The smallest absolute Gasteiger partial charge is 0.410 e.